The molecule has 0 atom stereocenters. The van der Waals surface area contributed by atoms with E-state index in [0.29, 0.717) is 18.9 Å². The second-order valence-electron chi connectivity index (χ2n) is 3.89. The van der Waals surface area contributed by atoms with Crippen LogP contribution >= 0.6 is 23.4 Å². The van der Waals surface area contributed by atoms with Crippen LogP contribution in [0.1, 0.15) is 12.6 Å². The normalized spacial score (nSPS) is 15.2. The van der Waals surface area contributed by atoms with Crippen LogP contribution in [0.15, 0.2) is 6.07 Å². The van der Waals surface area contributed by atoms with Crippen molar-refractivity contribution in [3.8, 4) is 0 Å². The van der Waals surface area contributed by atoms with E-state index >= 15 is 0 Å². The lowest BCUT2D eigenvalue weighted by molar-refractivity contribution is -0.124. The Morgan fingerprint density at radius 2 is 2.26 bits per heavy atom. The van der Waals surface area contributed by atoms with Gasteiger partial charge in [-0.2, -0.15) is 0 Å². The average Bonchev–Trinajstić information content (AvgIpc) is 2.69. The van der Waals surface area contributed by atoms with E-state index in [9.17, 15) is 9.59 Å². The van der Waals surface area contributed by atoms with Crippen LogP contribution < -0.4 is 5.32 Å². The van der Waals surface area contributed by atoms with E-state index in [-0.39, 0.29) is 22.2 Å². The van der Waals surface area contributed by atoms with Crippen molar-refractivity contribution in [2.24, 2.45) is 0 Å². The van der Waals surface area contributed by atoms with E-state index in [0.717, 1.165) is 23.9 Å². The molecule has 0 bridgehead atoms. The molecule has 0 aliphatic carbocycles. The topological polar surface area (TPSA) is 75.2 Å². The predicted molar refractivity (Wildman–Crippen MR) is 74.5 cm³/mol. The van der Waals surface area contributed by atoms with E-state index in [4.69, 9.17) is 11.6 Å². The van der Waals surface area contributed by atoms with Gasteiger partial charge in [0, 0.05) is 24.8 Å². The molecular formula is C11H13ClN4O2S. The molecule has 0 spiro atoms. The Kier molecular flexibility index (Phi) is 4.60. The van der Waals surface area contributed by atoms with Crippen LogP contribution in [-0.2, 0) is 11.2 Å². The van der Waals surface area contributed by atoms with Crippen molar-refractivity contribution in [2.75, 3.05) is 24.2 Å². The second-order valence-corrected chi connectivity index (χ2v) is 5.16. The van der Waals surface area contributed by atoms with Gasteiger partial charge >= 0.3 is 0 Å². The number of rotatable bonds is 5. The van der Waals surface area contributed by atoms with Gasteiger partial charge in [-0.05, 0) is 18.0 Å². The van der Waals surface area contributed by atoms with Crippen LogP contribution in [-0.4, -0.2) is 44.9 Å². The standard InChI is InChI=1S/C11H13ClN4O2S/c1-2-7-5-8(15-10(12)14-7)13-3-4-16-9(17)6-19-11(16)18/h5H,2-4,6H2,1H3,(H,13,14,15). The summed E-state index contributed by atoms with van der Waals surface area (Å²) in [5.41, 5.74) is 0.839. The van der Waals surface area contributed by atoms with E-state index < -0.39 is 0 Å². The van der Waals surface area contributed by atoms with E-state index in [1.54, 1.807) is 6.07 Å². The number of imide groups is 1. The minimum Gasteiger partial charge on any atom is -0.368 e. The number of aromatic nitrogens is 2. The Morgan fingerprint density at radius 1 is 1.47 bits per heavy atom. The lowest BCUT2D eigenvalue weighted by Gasteiger charge is -2.13. The van der Waals surface area contributed by atoms with Gasteiger partial charge in [0.05, 0.1) is 5.75 Å². The Bertz CT molecular complexity index is 495. The Hall–Kier alpha value is -1.34. The molecule has 0 aromatic carbocycles. The molecule has 2 amide bonds. The van der Waals surface area contributed by atoms with Crippen LogP contribution in [0.3, 0.4) is 0 Å². The molecule has 1 fully saturated rings. The van der Waals surface area contributed by atoms with Gasteiger partial charge in [0.15, 0.2) is 0 Å². The zero-order chi connectivity index (χ0) is 13.8. The molecule has 19 heavy (non-hydrogen) atoms. The fraction of sp³-hybridized carbons (Fsp3) is 0.455. The van der Waals surface area contributed by atoms with Crippen LogP contribution in [0.4, 0.5) is 10.6 Å². The molecule has 1 aromatic heterocycles. The highest BCUT2D eigenvalue weighted by Gasteiger charge is 2.29. The summed E-state index contributed by atoms with van der Waals surface area (Å²) in [5, 5.41) is 3.03. The van der Waals surface area contributed by atoms with Gasteiger partial charge < -0.3 is 5.32 Å². The van der Waals surface area contributed by atoms with Crippen LogP contribution in [0.5, 0.6) is 0 Å². The molecule has 1 saturated heterocycles. The molecule has 2 rings (SSSR count). The van der Waals surface area contributed by atoms with Gasteiger partial charge in [0.2, 0.25) is 11.2 Å². The Labute approximate surface area is 119 Å². The largest absolute Gasteiger partial charge is 0.368 e. The number of halogens is 1. The van der Waals surface area contributed by atoms with Gasteiger partial charge in [0.1, 0.15) is 5.82 Å². The minimum absolute atomic E-state index is 0.147. The van der Waals surface area contributed by atoms with E-state index in [2.05, 4.69) is 15.3 Å². The number of amides is 2. The molecule has 0 radical (unpaired) electrons. The third kappa shape index (κ3) is 3.57. The molecule has 1 aliphatic heterocycles. The van der Waals surface area contributed by atoms with Gasteiger partial charge in [-0.3, -0.25) is 14.5 Å². The SMILES string of the molecule is CCc1cc(NCCN2C(=O)CSC2=O)nc(Cl)n1. The monoisotopic (exact) mass is 300 g/mol. The summed E-state index contributed by atoms with van der Waals surface area (Å²) in [7, 11) is 0. The number of nitrogens with zero attached hydrogens (tertiary/aromatic N) is 3. The third-order valence-electron chi connectivity index (χ3n) is 2.60. The second kappa shape index (κ2) is 6.21. The van der Waals surface area contributed by atoms with Crippen LogP contribution in [0.2, 0.25) is 5.28 Å². The van der Waals surface area contributed by atoms with Crippen LogP contribution in [0.25, 0.3) is 0 Å². The summed E-state index contributed by atoms with van der Waals surface area (Å²) in [6, 6.07) is 1.80. The molecule has 1 aromatic rings. The maximum absolute atomic E-state index is 11.4. The number of thioether (sulfide) groups is 1. The number of anilines is 1. The lowest BCUT2D eigenvalue weighted by Crippen LogP contribution is -2.33. The first-order valence-corrected chi connectivity index (χ1v) is 7.21. The molecular weight excluding hydrogens is 288 g/mol. The van der Waals surface area contributed by atoms with Crippen molar-refractivity contribution in [1.29, 1.82) is 0 Å². The van der Waals surface area contributed by atoms with Crippen LogP contribution in [0, 0.1) is 0 Å². The highest BCUT2D eigenvalue weighted by Crippen LogP contribution is 2.18. The van der Waals surface area contributed by atoms with Crippen molar-refractivity contribution in [2.45, 2.75) is 13.3 Å². The van der Waals surface area contributed by atoms with E-state index in [1.165, 1.54) is 4.90 Å². The third-order valence-corrected chi connectivity index (χ3v) is 3.62. The van der Waals surface area contributed by atoms with Crippen molar-refractivity contribution < 1.29 is 9.59 Å². The van der Waals surface area contributed by atoms with E-state index in [1.807, 2.05) is 6.92 Å². The van der Waals surface area contributed by atoms with Gasteiger partial charge in [-0.15, -0.1) is 0 Å². The summed E-state index contributed by atoms with van der Waals surface area (Å²) in [4.78, 5) is 32.1. The summed E-state index contributed by atoms with van der Waals surface area (Å²) < 4.78 is 0. The lowest BCUT2D eigenvalue weighted by atomic mass is 10.3. The first-order chi connectivity index (χ1) is 9.10. The molecule has 102 valence electrons. The average molecular weight is 301 g/mol. The highest BCUT2D eigenvalue weighted by molar-refractivity contribution is 8.14. The number of carbonyl (C=O) groups excluding carboxylic acids is 2. The van der Waals surface area contributed by atoms with Crippen molar-refractivity contribution in [1.82, 2.24) is 14.9 Å². The Balaban J connectivity index is 1.90. The molecule has 2 heterocycles. The van der Waals surface area contributed by atoms with Gasteiger partial charge in [-0.1, -0.05) is 18.7 Å². The maximum atomic E-state index is 11.4. The van der Waals surface area contributed by atoms with Gasteiger partial charge in [-0.25, -0.2) is 9.97 Å². The summed E-state index contributed by atoms with van der Waals surface area (Å²) in [5.74, 6) is 0.688. The quantitative estimate of drug-likeness (QED) is 0.836. The molecule has 0 saturated carbocycles. The minimum atomic E-state index is -0.193. The Morgan fingerprint density at radius 3 is 2.89 bits per heavy atom. The first-order valence-electron chi connectivity index (χ1n) is 5.84. The number of carbonyl (C=O) groups is 2. The van der Waals surface area contributed by atoms with Crippen molar-refractivity contribution in [3.05, 3.63) is 17.0 Å². The zero-order valence-corrected chi connectivity index (χ0v) is 11.9. The summed E-state index contributed by atoms with van der Waals surface area (Å²) in [6.45, 7) is 2.74. The summed E-state index contributed by atoms with van der Waals surface area (Å²) in [6.07, 6.45) is 0.761. The highest BCUT2D eigenvalue weighted by atomic mass is 35.5. The fourth-order valence-corrected chi connectivity index (χ4v) is 2.58. The predicted octanol–water partition coefficient (Wildman–Crippen LogP) is 1.80. The maximum Gasteiger partial charge on any atom is 0.288 e. The van der Waals surface area contributed by atoms with Crippen molar-refractivity contribution >= 4 is 40.3 Å². The number of nitrogens with one attached hydrogen (secondary N) is 1. The van der Waals surface area contributed by atoms with Gasteiger partial charge in [0.25, 0.3) is 5.24 Å². The number of aryl methyl sites for hydroxylation is 1. The first kappa shape index (κ1) is 14.1. The molecule has 8 heteroatoms. The van der Waals surface area contributed by atoms with Crippen molar-refractivity contribution in [3.63, 3.8) is 0 Å². The summed E-state index contributed by atoms with van der Waals surface area (Å²) >= 11 is 6.83. The smallest absolute Gasteiger partial charge is 0.288 e. The number of hydrogen-bond donors (Lipinski definition) is 1. The fourth-order valence-electron chi connectivity index (χ4n) is 1.63. The zero-order valence-electron chi connectivity index (χ0n) is 10.4. The molecule has 1 aliphatic rings. The molecule has 6 nitrogen and oxygen atoms in total. The molecule has 1 N–H and O–H groups in total. The molecule has 0 unspecified atom stereocenters. The number of hydrogen-bond acceptors (Lipinski definition) is 6.